The molecule has 0 heterocycles. The average molecular weight is 270 g/mol. The van der Waals surface area contributed by atoms with Crippen LogP contribution in [0.4, 0.5) is 0 Å². The summed E-state index contributed by atoms with van der Waals surface area (Å²) < 4.78 is 0. The molecule has 18 heavy (non-hydrogen) atoms. The van der Waals surface area contributed by atoms with Crippen LogP contribution in [-0.4, -0.2) is 22.4 Å². The summed E-state index contributed by atoms with van der Waals surface area (Å²) in [7, 11) is 0. The number of alkyl halides is 1. The van der Waals surface area contributed by atoms with Gasteiger partial charge in [-0.15, -0.1) is 11.6 Å². The van der Waals surface area contributed by atoms with E-state index in [1.54, 1.807) is 25.1 Å². The van der Waals surface area contributed by atoms with Crippen molar-refractivity contribution >= 4 is 17.5 Å². The molecule has 1 amide bonds. The molecule has 1 aromatic rings. The van der Waals surface area contributed by atoms with Crippen LogP contribution >= 0.6 is 11.6 Å². The maximum absolute atomic E-state index is 12.2. The van der Waals surface area contributed by atoms with Gasteiger partial charge in [0.05, 0.1) is 0 Å². The Morgan fingerprint density at radius 2 is 2.17 bits per heavy atom. The van der Waals surface area contributed by atoms with Gasteiger partial charge in [0.1, 0.15) is 5.75 Å². The van der Waals surface area contributed by atoms with Crippen molar-refractivity contribution in [3.05, 3.63) is 29.3 Å². The van der Waals surface area contributed by atoms with Crippen molar-refractivity contribution in [1.82, 2.24) is 5.32 Å². The second kappa shape index (κ2) is 6.10. The number of nitrogens with one attached hydrogen (secondary N) is 1. The molecule has 0 spiro atoms. The highest BCUT2D eigenvalue weighted by atomic mass is 35.5. The summed E-state index contributed by atoms with van der Waals surface area (Å²) in [6.45, 7) is 5.72. The highest BCUT2D eigenvalue weighted by Gasteiger charge is 2.25. The zero-order chi connectivity index (χ0) is 13.8. The highest BCUT2D eigenvalue weighted by molar-refractivity contribution is 6.17. The third kappa shape index (κ3) is 3.39. The van der Waals surface area contributed by atoms with E-state index in [1.165, 1.54) is 0 Å². The van der Waals surface area contributed by atoms with Gasteiger partial charge in [-0.3, -0.25) is 4.79 Å². The molecule has 3 nitrogen and oxygen atoms in total. The predicted octanol–water partition coefficient (Wildman–Crippen LogP) is 3.23. The van der Waals surface area contributed by atoms with Crippen LogP contribution in [0, 0.1) is 6.92 Å². The van der Waals surface area contributed by atoms with Crippen molar-refractivity contribution in [2.24, 2.45) is 0 Å². The summed E-state index contributed by atoms with van der Waals surface area (Å²) in [6, 6.07) is 4.95. The Morgan fingerprint density at radius 3 is 2.72 bits per heavy atom. The van der Waals surface area contributed by atoms with Crippen LogP contribution in [0.3, 0.4) is 0 Å². The summed E-state index contributed by atoms with van der Waals surface area (Å²) in [6.07, 6.45) is 1.53. The first-order valence-corrected chi connectivity index (χ1v) is 6.64. The Bertz CT molecular complexity index is 434. The summed E-state index contributed by atoms with van der Waals surface area (Å²) in [5.74, 6) is 0.472. The van der Waals surface area contributed by atoms with Gasteiger partial charge < -0.3 is 10.4 Å². The summed E-state index contributed by atoms with van der Waals surface area (Å²) in [5.41, 5.74) is 0.792. The van der Waals surface area contributed by atoms with E-state index in [2.05, 4.69) is 5.32 Å². The van der Waals surface area contributed by atoms with Gasteiger partial charge in [0, 0.05) is 22.5 Å². The summed E-state index contributed by atoms with van der Waals surface area (Å²) in [4.78, 5) is 12.2. The lowest BCUT2D eigenvalue weighted by atomic mass is 9.94. The van der Waals surface area contributed by atoms with Gasteiger partial charge >= 0.3 is 0 Å². The first-order valence-electron chi connectivity index (χ1n) is 6.10. The van der Waals surface area contributed by atoms with Crippen molar-refractivity contribution in [3.8, 4) is 5.75 Å². The quantitative estimate of drug-likeness (QED) is 0.807. The number of carbonyl (C=O) groups excluding carboxylic acids is 1. The average Bonchev–Trinajstić information content (AvgIpc) is 2.32. The Kier molecular flexibility index (Phi) is 5.03. The van der Waals surface area contributed by atoms with E-state index in [1.807, 2.05) is 13.8 Å². The third-order valence-electron chi connectivity index (χ3n) is 3.39. The van der Waals surface area contributed by atoms with Crippen molar-refractivity contribution in [2.75, 3.05) is 5.88 Å². The van der Waals surface area contributed by atoms with E-state index < -0.39 is 0 Å². The smallest absolute Gasteiger partial charge is 0.252 e. The monoisotopic (exact) mass is 269 g/mol. The van der Waals surface area contributed by atoms with Crippen LogP contribution in [0.5, 0.6) is 5.75 Å². The Labute approximate surface area is 113 Å². The van der Waals surface area contributed by atoms with Gasteiger partial charge in [-0.05, 0) is 38.8 Å². The lowest BCUT2D eigenvalue weighted by Crippen LogP contribution is -2.46. The van der Waals surface area contributed by atoms with Gasteiger partial charge in [0.15, 0.2) is 0 Å². The molecule has 2 N–H and O–H groups in total. The van der Waals surface area contributed by atoms with Crippen molar-refractivity contribution < 1.29 is 9.90 Å². The number of carbonyl (C=O) groups is 1. The molecule has 1 rings (SSSR count). The van der Waals surface area contributed by atoms with Crippen LogP contribution in [0.25, 0.3) is 0 Å². The second-order valence-corrected chi connectivity index (χ2v) is 5.13. The minimum Gasteiger partial charge on any atom is -0.508 e. The molecule has 1 atom stereocenters. The zero-order valence-corrected chi connectivity index (χ0v) is 11.8. The number of amides is 1. The van der Waals surface area contributed by atoms with Crippen LogP contribution in [0.1, 0.15) is 42.6 Å². The second-order valence-electron chi connectivity index (χ2n) is 4.76. The van der Waals surface area contributed by atoms with E-state index in [4.69, 9.17) is 11.6 Å². The molecule has 0 aliphatic carbocycles. The van der Waals surface area contributed by atoms with Crippen molar-refractivity contribution in [1.29, 1.82) is 0 Å². The molecule has 0 fully saturated rings. The molecule has 4 heteroatoms. The lowest BCUT2D eigenvalue weighted by Gasteiger charge is -2.29. The maximum atomic E-state index is 12.2. The van der Waals surface area contributed by atoms with E-state index in [-0.39, 0.29) is 17.2 Å². The van der Waals surface area contributed by atoms with E-state index >= 15 is 0 Å². The number of aromatic hydroxyl groups is 1. The Balaban J connectivity index is 2.91. The molecule has 0 aliphatic rings. The molecule has 1 unspecified atom stereocenters. The van der Waals surface area contributed by atoms with Gasteiger partial charge in [-0.25, -0.2) is 0 Å². The number of hydrogen-bond acceptors (Lipinski definition) is 2. The first-order chi connectivity index (χ1) is 8.43. The molecule has 0 radical (unpaired) electrons. The number of rotatable bonds is 5. The fraction of sp³-hybridized carbons (Fsp3) is 0.500. The molecule has 0 aliphatic heterocycles. The predicted molar refractivity (Wildman–Crippen MR) is 74.3 cm³/mol. The van der Waals surface area contributed by atoms with Gasteiger partial charge in [0.2, 0.25) is 0 Å². The van der Waals surface area contributed by atoms with Gasteiger partial charge in [-0.2, -0.15) is 0 Å². The number of benzene rings is 1. The third-order valence-corrected chi connectivity index (χ3v) is 3.58. The summed E-state index contributed by atoms with van der Waals surface area (Å²) >= 11 is 5.76. The molecule has 1 aromatic carbocycles. The van der Waals surface area contributed by atoms with Crippen molar-refractivity contribution in [2.45, 2.75) is 39.2 Å². The SMILES string of the molecule is CCC(C)(CCCl)NC(=O)c1cccc(O)c1C. The number of phenols is 1. The van der Waals surface area contributed by atoms with E-state index in [9.17, 15) is 9.90 Å². The normalized spacial score (nSPS) is 14.0. The molecule has 0 aromatic heterocycles. The highest BCUT2D eigenvalue weighted by Crippen LogP contribution is 2.21. The lowest BCUT2D eigenvalue weighted by molar-refractivity contribution is 0.0900. The fourth-order valence-electron chi connectivity index (χ4n) is 1.75. The van der Waals surface area contributed by atoms with Crippen LogP contribution in [-0.2, 0) is 0 Å². The van der Waals surface area contributed by atoms with Crippen molar-refractivity contribution in [3.63, 3.8) is 0 Å². The van der Waals surface area contributed by atoms with E-state index in [0.717, 1.165) is 6.42 Å². The Hall–Kier alpha value is -1.22. The molecule has 100 valence electrons. The summed E-state index contributed by atoms with van der Waals surface area (Å²) in [5, 5.41) is 12.6. The molecular weight excluding hydrogens is 250 g/mol. The van der Waals surface area contributed by atoms with Gasteiger partial charge in [-0.1, -0.05) is 13.0 Å². The number of phenolic OH excluding ortho intramolecular Hbond substituents is 1. The standard InChI is InChI=1S/C14H20ClNO2/c1-4-14(3,8-9-15)16-13(18)11-6-5-7-12(17)10(11)2/h5-7,17H,4,8-9H2,1-3H3,(H,16,18). The van der Waals surface area contributed by atoms with Crippen LogP contribution in [0.15, 0.2) is 18.2 Å². The number of halogens is 1. The molecule has 0 saturated heterocycles. The zero-order valence-electron chi connectivity index (χ0n) is 11.1. The van der Waals surface area contributed by atoms with Crippen LogP contribution < -0.4 is 5.32 Å². The Morgan fingerprint density at radius 1 is 1.50 bits per heavy atom. The fourth-order valence-corrected chi connectivity index (χ4v) is 2.16. The van der Waals surface area contributed by atoms with E-state index in [0.29, 0.717) is 23.4 Å². The minimum absolute atomic E-state index is 0.137. The first kappa shape index (κ1) is 14.8. The molecule has 0 saturated carbocycles. The van der Waals surface area contributed by atoms with Gasteiger partial charge in [0.25, 0.3) is 5.91 Å². The topological polar surface area (TPSA) is 49.3 Å². The number of hydrogen-bond donors (Lipinski definition) is 2. The molecular formula is C14H20ClNO2. The largest absolute Gasteiger partial charge is 0.508 e. The van der Waals surface area contributed by atoms with Crippen LogP contribution in [0.2, 0.25) is 0 Å². The maximum Gasteiger partial charge on any atom is 0.252 e. The minimum atomic E-state index is -0.309. The molecule has 0 bridgehead atoms.